The highest BCUT2D eigenvalue weighted by Crippen LogP contribution is 2.21. The Morgan fingerprint density at radius 1 is 1.14 bits per heavy atom. The van der Waals surface area contributed by atoms with E-state index in [9.17, 15) is 9.90 Å². The number of rotatable bonds is 6. The number of nitrogens with one attached hydrogen (secondary N) is 1. The summed E-state index contributed by atoms with van der Waals surface area (Å²) in [4.78, 5) is 20.2. The number of hydrogen-bond acceptors (Lipinski definition) is 7. The fourth-order valence-electron chi connectivity index (χ4n) is 2.70. The van der Waals surface area contributed by atoms with E-state index in [4.69, 9.17) is 9.15 Å². The summed E-state index contributed by atoms with van der Waals surface area (Å²) in [5, 5.41) is 12.3. The van der Waals surface area contributed by atoms with E-state index in [1.54, 1.807) is 30.6 Å². The van der Waals surface area contributed by atoms with Gasteiger partial charge in [-0.3, -0.25) is 4.57 Å². The maximum absolute atomic E-state index is 11.6. The monoisotopic (exact) mass is 378 g/mol. The Hall–Kier alpha value is -3.65. The predicted octanol–water partition coefficient (Wildman–Crippen LogP) is 2.97. The van der Waals surface area contributed by atoms with Crippen molar-refractivity contribution in [1.29, 1.82) is 0 Å². The molecule has 4 aromatic rings. The highest BCUT2D eigenvalue weighted by atomic mass is 16.5. The SMILES string of the molecule is Cc1ccc(Nc2ncc(COc3ccc4c(c3)oc(=O)n4CO)cn2)cc1. The molecule has 0 bridgehead atoms. The summed E-state index contributed by atoms with van der Waals surface area (Å²) in [6.45, 7) is 1.86. The molecule has 0 spiro atoms. The fourth-order valence-corrected chi connectivity index (χ4v) is 2.70. The average molecular weight is 378 g/mol. The molecule has 2 aromatic carbocycles. The first-order chi connectivity index (χ1) is 13.6. The fraction of sp³-hybridized carbons (Fsp3) is 0.150. The van der Waals surface area contributed by atoms with E-state index in [1.165, 1.54) is 5.56 Å². The summed E-state index contributed by atoms with van der Waals surface area (Å²) in [6, 6.07) is 12.9. The van der Waals surface area contributed by atoms with E-state index < -0.39 is 12.5 Å². The summed E-state index contributed by atoms with van der Waals surface area (Å²) < 4.78 is 11.9. The van der Waals surface area contributed by atoms with Gasteiger partial charge in [0.1, 0.15) is 19.1 Å². The second kappa shape index (κ2) is 7.53. The van der Waals surface area contributed by atoms with E-state index >= 15 is 0 Å². The molecule has 0 unspecified atom stereocenters. The van der Waals surface area contributed by atoms with Gasteiger partial charge in [-0.25, -0.2) is 14.8 Å². The highest BCUT2D eigenvalue weighted by Gasteiger charge is 2.09. The molecular formula is C20H18N4O4. The lowest BCUT2D eigenvalue weighted by molar-refractivity contribution is 0.204. The van der Waals surface area contributed by atoms with Crippen LogP contribution in [0.4, 0.5) is 11.6 Å². The van der Waals surface area contributed by atoms with Crippen molar-refractivity contribution in [1.82, 2.24) is 14.5 Å². The van der Waals surface area contributed by atoms with Gasteiger partial charge in [0.2, 0.25) is 5.95 Å². The van der Waals surface area contributed by atoms with Crippen molar-refractivity contribution in [3.63, 3.8) is 0 Å². The van der Waals surface area contributed by atoms with Gasteiger partial charge in [0.05, 0.1) is 5.52 Å². The smallest absolute Gasteiger partial charge is 0.421 e. The van der Waals surface area contributed by atoms with Crippen LogP contribution in [0.1, 0.15) is 11.1 Å². The number of benzene rings is 2. The molecule has 0 aliphatic rings. The van der Waals surface area contributed by atoms with Crippen molar-refractivity contribution in [2.24, 2.45) is 0 Å². The zero-order valence-corrected chi connectivity index (χ0v) is 15.1. The minimum absolute atomic E-state index is 0.265. The molecule has 0 amide bonds. The standard InChI is InChI=1S/C20H18N4O4/c1-13-2-4-15(5-3-13)23-19-21-9-14(10-22-19)11-27-16-6-7-17-18(8-16)28-20(26)24(17)12-25/h2-10,25H,11-12H2,1H3,(H,21,22,23). The van der Waals surface area contributed by atoms with Crippen molar-refractivity contribution in [2.45, 2.75) is 20.3 Å². The van der Waals surface area contributed by atoms with E-state index in [0.717, 1.165) is 15.8 Å². The van der Waals surface area contributed by atoms with Gasteiger partial charge in [0.25, 0.3) is 0 Å². The first-order valence-electron chi connectivity index (χ1n) is 8.64. The molecule has 4 rings (SSSR count). The second-order valence-corrected chi connectivity index (χ2v) is 6.26. The Bertz CT molecular complexity index is 1150. The molecule has 28 heavy (non-hydrogen) atoms. The van der Waals surface area contributed by atoms with Gasteiger partial charge in [-0.05, 0) is 31.2 Å². The third-order valence-corrected chi connectivity index (χ3v) is 4.20. The molecule has 0 radical (unpaired) electrons. The number of aliphatic hydroxyl groups excluding tert-OH is 1. The molecule has 0 atom stereocenters. The molecule has 8 heteroatoms. The number of oxazole rings is 1. The lowest BCUT2D eigenvalue weighted by atomic mass is 10.2. The summed E-state index contributed by atoms with van der Waals surface area (Å²) in [7, 11) is 0. The van der Waals surface area contributed by atoms with Gasteiger partial charge < -0.3 is 19.6 Å². The molecule has 0 saturated carbocycles. The zero-order chi connectivity index (χ0) is 19.5. The van der Waals surface area contributed by atoms with Crippen LogP contribution in [0.15, 0.2) is 64.1 Å². The number of aryl methyl sites for hydroxylation is 1. The van der Waals surface area contributed by atoms with Crippen LogP contribution in [-0.4, -0.2) is 19.6 Å². The molecule has 2 heterocycles. The van der Waals surface area contributed by atoms with Crippen LogP contribution in [0.5, 0.6) is 5.75 Å². The quantitative estimate of drug-likeness (QED) is 0.532. The predicted molar refractivity (Wildman–Crippen MR) is 104 cm³/mol. The number of anilines is 2. The first kappa shape index (κ1) is 17.7. The van der Waals surface area contributed by atoms with E-state index in [-0.39, 0.29) is 6.61 Å². The zero-order valence-electron chi connectivity index (χ0n) is 15.1. The van der Waals surface area contributed by atoms with Gasteiger partial charge in [-0.15, -0.1) is 0 Å². The minimum Gasteiger partial charge on any atom is -0.489 e. The molecule has 0 aliphatic heterocycles. The van der Waals surface area contributed by atoms with Crippen molar-refractivity contribution >= 4 is 22.7 Å². The third kappa shape index (κ3) is 3.72. The Morgan fingerprint density at radius 3 is 2.61 bits per heavy atom. The molecule has 2 N–H and O–H groups in total. The molecule has 0 fully saturated rings. The molecule has 0 saturated heterocycles. The summed E-state index contributed by atoms with van der Waals surface area (Å²) in [5.74, 6) is 0.425. The Balaban J connectivity index is 1.41. The van der Waals surface area contributed by atoms with Gasteiger partial charge in [0.15, 0.2) is 5.58 Å². The van der Waals surface area contributed by atoms with Gasteiger partial charge in [0, 0.05) is 29.7 Å². The number of aromatic nitrogens is 3. The highest BCUT2D eigenvalue weighted by molar-refractivity contribution is 5.74. The van der Waals surface area contributed by atoms with Gasteiger partial charge in [-0.1, -0.05) is 17.7 Å². The van der Waals surface area contributed by atoms with Gasteiger partial charge in [-0.2, -0.15) is 0 Å². The van der Waals surface area contributed by atoms with Crippen LogP contribution >= 0.6 is 0 Å². The first-order valence-corrected chi connectivity index (χ1v) is 8.64. The largest absolute Gasteiger partial charge is 0.489 e. The minimum atomic E-state index is -0.611. The lowest BCUT2D eigenvalue weighted by Crippen LogP contribution is -2.13. The number of nitrogens with zero attached hydrogens (tertiary/aromatic N) is 3. The number of aliphatic hydroxyl groups is 1. The molecule has 0 aliphatic carbocycles. The normalized spacial score (nSPS) is 10.9. The van der Waals surface area contributed by atoms with E-state index in [0.29, 0.717) is 22.8 Å². The van der Waals surface area contributed by atoms with Crippen LogP contribution in [-0.2, 0) is 13.3 Å². The van der Waals surface area contributed by atoms with Crippen LogP contribution < -0.4 is 15.8 Å². The van der Waals surface area contributed by atoms with Crippen LogP contribution in [0.2, 0.25) is 0 Å². The van der Waals surface area contributed by atoms with E-state index in [1.807, 2.05) is 31.2 Å². The Morgan fingerprint density at radius 2 is 1.89 bits per heavy atom. The van der Waals surface area contributed by atoms with Crippen LogP contribution in [0.25, 0.3) is 11.1 Å². The summed E-state index contributed by atoms with van der Waals surface area (Å²) >= 11 is 0. The molecule has 2 aromatic heterocycles. The van der Waals surface area contributed by atoms with E-state index in [2.05, 4.69) is 15.3 Å². The third-order valence-electron chi connectivity index (χ3n) is 4.20. The number of fused-ring (bicyclic) bond motifs is 1. The summed E-state index contributed by atoms with van der Waals surface area (Å²) in [6.07, 6.45) is 3.37. The summed E-state index contributed by atoms with van der Waals surface area (Å²) in [5.41, 5.74) is 3.76. The van der Waals surface area contributed by atoms with Crippen molar-refractivity contribution in [3.05, 3.63) is 76.5 Å². The van der Waals surface area contributed by atoms with Crippen molar-refractivity contribution < 1.29 is 14.3 Å². The lowest BCUT2D eigenvalue weighted by Gasteiger charge is -2.08. The van der Waals surface area contributed by atoms with Gasteiger partial charge >= 0.3 is 5.76 Å². The maximum atomic E-state index is 11.6. The second-order valence-electron chi connectivity index (χ2n) is 6.26. The number of ether oxygens (including phenoxy) is 1. The molecular weight excluding hydrogens is 360 g/mol. The average Bonchev–Trinajstić information content (AvgIpc) is 3.03. The van der Waals surface area contributed by atoms with Crippen LogP contribution in [0.3, 0.4) is 0 Å². The topological polar surface area (TPSA) is 102 Å². The molecule has 142 valence electrons. The maximum Gasteiger partial charge on any atom is 0.421 e. The van der Waals surface area contributed by atoms with Crippen molar-refractivity contribution in [2.75, 3.05) is 5.32 Å². The van der Waals surface area contributed by atoms with Crippen molar-refractivity contribution in [3.8, 4) is 5.75 Å². The molecule has 8 nitrogen and oxygen atoms in total. The Labute approximate surface area is 160 Å². The Kier molecular flexibility index (Phi) is 4.77. The van der Waals surface area contributed by atoms with Crippen LogP contribution in [0, 0.1) is 6.92 Å². The number of hydrogen-bond donors (Lipinski definition) is 2.